The summed E-state index contributed by atoms with van der Waals surface area (Å²) in [5.41, 5.74) is 0.424. The highest BCUT2D eigenvalue weighted by atomic mass is 32.2. The first-order chi connectivity index (χ1) is 8.41. The lowest BCUT2D eigenvalue weighted by molar-refractivity contribution is -0.117. The Bertz CT molecular complexity index is 630. The van der Waals surface area contributed by atoms with E-state index in [-0.39, 0.29) is 23.1 Å². The lowest BCUT2D eigenvalue weighted by atomic mass is 10.1. The largest absolute Gasteiger partial charge is 0.311 e. The number of hydrogen-bond donors (Lipinski definition) is 1. The number of terminal acetylenes is 1. The molecule has 0 aromatic heterocycles. The van der Waals surface area contributed by atoms with Crippen molar-refractivity contribution in [1.82, 2.24) is 0 Å². The number of anilines is 1. The average Bonchev–Trinajstić information content (AvgIpc) is 2.70. The predicted octanol–water partition coefficient (Wildman–Crippen LogP) is 0.919. The lowest BCUT2D eigenvalue weighted by Crippen LogP contribution is -2.24. The Morgan fingerprint density at radius 1 is 1.44 bits per heavy atom. The highest BCUT2D eigenvalue weighted by Crippen LogP contribution is 2.26. The molecule has 1 heterocycles. The molecule has 1 N–H and O–H groups in total. The van der Waals surface area contributed by atoms with Gasteiger partial charge in [0.2, 0.25) is 5.91 Å². The van der Waals surface area contributed by atoms with Crippen LogP contribution < -0.4 is 4.90 Å². The van der Waals surface area contributed by atoms with Crippen molar-refractivity contribution >= 4 is 21.7 Å². The van der Waals surface area contributed by atoms with Gasteiger partial charge in [-0.05, 0) is 18.2 Å². The molecule has 1 aromatic carbocycles. The van der Waals surface area contributed by atoms with Gasteiger partial charge in [-0.1, -0.05) is 6.07 Å². The topological polar surface area (TPSA) is 74.7 Å². The summed E-state index contributed by atoms with van der Waals surface area (Å²) in [6.07, 6.45) is 5.53. The second-order valence-electron chi connectivity index (χ2n) is 4.04. The summed E-state index contributed by atoms with van der Waals surface area (Å²) >= 11 is 0. The van der Waals surface area contributed by atoms with Crippen molar-refractivity contribution in [2.24, 2.45) is 5.92 Å². The van der Waals surface area contributed by atoms with Crippen LogP contribution in [0.1, 0.15) is 6.42 Å². The quantitative estimate of drug-likeness (QED) is 0.637. The van der Waals surface area contributed by atoms with Crippen molar-refractivity contribution in [3.8, 4) is 12.3 Å². The lowest BCUT2D eigenvalue weighted by Gasteiger charge is -2.16. The monoisotopic (exact) mass is 265 g/mol. The molecule has 2 rings (SSSR count). The number of rotatable bonds is 2. The summed E-state index contributed by atoms with van der Waals surface area (Å²) in [7, 11) is -4.27. The molecule has 1 unspecified atom stereocenters. The number of nitrogens with zero attached hydrogens (tertiary/aromatic N) is 1. The fourth-order valence-corrected chi connectivity index (χ4v) is 2.40. The smallest absolute Gasteiger partial charge is 0.294 e. The van der Waals surface area contributed by atoms with Crippen LogP contribution in [0.5, 0.6) is 0 Å². The van der Waals surface area contributed by atoms with E-state index in [9.17, 15) is 13.2 Å². The van der Waals surface area contributed by atoms with Crippen molar-refractivity contribution in [2.75, 3.05) is 11.4 Å². The Hall–Kier alpha value is -1.84. The maximum Gasteiger partial charge on any atom is 0.294 e. The van der Waals surface area contributed by atoms with Gasteiger partial charge in [-0.3, -0.25) is 9.35 Å². The third-order valence-corrected chi connectivity index (χ3v) is 3.64. The normalized spacial score (nSPS) is 19.9. The van der Waals surface area contributed by atoms with Crippen molar-refractivity contribution in [3.63, 3.8) is 0 Å². The molecule has 1 fully saturated rings. The second-order valence-corrected chi connectivity index (χ2v) is 5.47. The second kappa shape index (κ2) is 4.44. The molecule has 0 bridgehead atoms. The minimum Gasteiger partial charge on any atom is -0.311 e. The first-order valence-corrected chi connectivity index (χ1v) is 6.70. The zero-order chi connectivity index (χ0) is 13.3. The number of hydrogen-bond acceptors (Lipinski definition) is 3. The molecule has 18 heavy (non-hydrogen) atoms. The number of carbonyl (C=O) groups excluding carboxylic acids is 1. The molecule has 1 atom stereocenters. The van der Waals surface area contributed by atoms with Gasteiger partial charge in [0.15, 0.2) is 0 Å². The van der Waals surface area contributed by atoms with E-state index >= 15 is 0 Å². The summed E-state index contributed by atoms with van der Waals surface area (Å²) in [6, 6.07) is 5.59. The standard InChI is InChI=1S/C12H11NO4S/c1-2-9-6-12(14)13(8-9)10-4-3-5-11(7-10)18(15,16)17/h1,3-5,7,9H,6,8H2,(H,15,16,17). The molecule has 1 saturated heterocycles. The molecule has 1 aromatic rings. The summed E-state index contributed by atoms with van der Waals surface area (Å²) in [4.78, 5) is 12.9. The van der Waals surface area contributed by atoms with Crippen LogP contribution in [0.15, 0.2) is 29.2 Å². The third-order valence-electron chi connectivity index (χ3n) is 2.79. The van der Waals surface area contributed by atoms with E-state index in [1.165, 1.54) is 23.1 Å². The van der Waals surface area contributed by atoms with Crippen LogP contribution in [0, 0.1) is 18.3 Å². The maximum absolute atomic E-state index is 11.7. The Morgan fingerprint density at radius 2 is 2.17 bits per heavy atom. The van der Waals surface area contributed by atoms with Gasteiger partial charge in [0.1, 0.15) is 0 Å². The molecular formula is C12H11NO4S. The maximum atomic E-state index is 11.7. The van der Waals surface area contributed by atoms with Gasteiger partial charge in [0.25, 0.3) is 10.1 Å². The fourth-order valence-electron chi connectivity index (χ4n) is 1.88. The number of benzene rings is 1. The molecule has 0 spiro atoms. The minimum absolute atomic E-state index is 0.148. The zero-order valence-corrected chi connectivity index (χ0v) is 10.2. The summed E-state index contributed by atoms with van der Waals surface area (Å²) in [6.45, 7) is 0.365. The molecule has 1 aliphatic heterocycles. The summed E-state index contributed by atoms with van der Waals surface area (Å²) < 4.78 is 31.0. The van der Waals surface area contributed by atoms with Crippen molar-refractivity contribution in [1.29, 1.82) is 0 Å². The molecule has 0 aliphatic carbocycles. The van der Waals surface area contributed by atoms with Gasteiger partial charge < -0.3 is 4.90 Å². The first kappa shape index (κ1) is 12.6. The highest BCUT2D eigenvalue weighted by molar-refractivity contribution is 7.85. The van der Waals surface area contributed by atoms with Crippen LogP contribution in [0.25, 0.3) is 0 Å². The Kier molecular flexibility index (Phi) is 3.11. The van der Waals surface area contributed by atoms with E-state index in [1.807, 2.05) is 0 Å². The number of amides is 1. The Morgan fingerprint density at radius 3 is 2.72 bits per heavy atom. The van der Waals surface area contributed by atoms with E-state index in [1.54, 1.807) is 6.07 Å². The summed E-state index contributed by atoms with van der Waals surface area (Å²) in [5.74, 6) is 2.20. The van der Waals surface area contributed by atoms with E-state index in [2.05, 4.69) is 5.92 Å². The van der Waals surface area contributed by atoms with Crippen LogP contribution >= 0.6 is 0 Å². The molecule has 94 valence electrons. The van der Waals surface area contributed by atoms with Crippen molar-refractivity contribution in [3.05, 3.63) is 24.3 Å². The van der Waals surface area contributed by atoms with Crippen LogP contribution in [-0.4, -0.2) is 25.4 Å². The van der Waals surface area contributed by atoms with Crippen LogP contribution in [-0.2, 0) is 14.9 Å². The van der Waals surface area contributed by atoms with Gasteiger partial charge >= 0.3 is 0 Å². The van der Waals surface area contributed by atoms with Gasteiger partial charge in [0, 0.05) is 24.6 Å². The molecule has 1 aliphatic rings. The van der Waals surface area contributed by atoms with E-state index in [4.69, 9.17) is 11.0 Å². The van der Waals surface area contributed by atoms with Gasteiger partial charge in [-0.2, -0.15) is 8.42 Å². The van der Waals surface area contributed by atoms with E-state index in [0.717, 1.165) is 0 Å². The third kappa shape index (κ3) is 2.37. The fraction of sp³-hybridized carbons (Fsp3) is 0.250. The van der Waals surface area contributed by atoms with Gasteiger partial charge in [-0.25, -0.2) is 0 Å². The molecule has 0 radical (unpaired) electrons. The molecule has 0 saturated carbocycles. The average molecular weight is 265 g/mol. The molecule has 5 nitrogen and oxygen atoms in total. The van der Waals surface area contributed by atoms with Gasteiger partial charge in [0.05, 0.1) is 4.90 Å². The summed E-state index contributed by atoms with van der Waals surface area (Å²) in [5, 5.41) is 0. The van der Waals surface area contributed by atoms with Gasteiger partial charge in [-0.15, -0.1) is 12.3 Å². The SMILES string of the molecule is C#CC1CC(=O)N(c2cccc(S(=O)(=O)O)c2)C1. The zero-order valence-electron chi connectivity index (χ0n) is 9.41. The molecule has 1 amide bonds. The van der Waals surface area contributed by atoms with Crippen LogP contribution in [0.3, 0.4) is 0 Å². The predicted molar refractivity (Wildman–Crippen MR) is 65.5 cm³/mol. The Labute approximate surface area is 105 Å². The highest BCUT2D eigenvalue weighted by Gasteiger charge is 2.29. The number of carbonyl (C=O) groups is 1. The van der Waals surface area contributed by atoms with E-state index in [0.29, 0.717) is 12.2 Å². The van der Waals surface area contributed by atoms with Crippen molar-refractivity contribution in [2.45, 2.75) is 11.3 Å². The molecule has 6 heteroatoms. The minimum atomic E-state index is -4.27. The van der Waals surface area contributed by atoms with E-state index < -0.39 is 10.1 Å². The van der Waals surface area contributed by atoms with Crippen LogP contribution in [0.4, 0.5) is 5.69 Å². The van der Waals surface area contributed by atoms with Crippen LogP contribution in [0.2, 0.25) is 0 Å². The molecular weight excluding hydrogens is 254 g/mol. The first-order valence-electron chi connectivity index (χ1n) is 5.26. The Balaban J connectivity index is 2.36. The van der Waals surface area contributed by atoms with Crippen molar-refractivity contribution < 1.29 is 17.8 Å².